The van der Waals surface area contributed by atoms with Gasteiger partial charge in [0.2, 0.25) is 5.91 Å². The number of nitrogens with one attached hydrogen (secondary N) is 2. The number of amides is 2. The second kappa shape index (κ2) is 8.55. The zero-order valence-corrected chi connectivity index (χ0v) is 16.5. The van der Waals surface area contributed by atoms with Crippen molar-refractivity contribution in [3.05, 3.63) is 54.1 Å². The van der Waals surface area contributed by atoms with Gasteiger partial charge in [-0.3, -0.25) is 9.59 Å². The molecule has 162 valence electrons. The summed E-state index contributed by atoms with van der Waals surface area (Å²) in [5.74, 6) is -0.325. The fourth-order valence-corrected chi connectivity index (χ4v) is 3.10. The molecular formula is C20H17N7O5. The maximum atomic E-state index is 13.0. The van der Waals surface area contributed by atoms with Gasteiger partial charge < -0.3 is 26.0 Å². The van der Waals surface area contributed by atoms with Gasteiger partial charge in [0, 0.05) is 11.3 Å². The fraction of sp³-hybridized carbons (Fsp3) is 0.100. The largest absolute Gasteiger partial charge is 0.465 e. The van der Waals surface area contributed by atoms with E-state index in [4.69, 9.17) is 10.8 Å². The number of carboxylic acid groups (broad SMARTS) is 1. The molecule has 0 aliphatic carbocycles. The van der Waals surface area contributed by atoms with Crippen molar-refractivity contribution >= 4 is 40.3 Å². The molecule has 0 fully saturated rings. The van der Waals surface area contributed by atoms with Crippen LogP contribution in [-0.4, -0.2) is 49.3 Å². The Hall–Kier alpha value is -4.74. The fourth-order valence-electron chi connectivity index (χ4n) is 3.10. The molecule has 2 heterocycles. The van der Waals surface area contributed by atoms with Crippen molar-refractivity contribution in [1.82, 2.24) is 25.2 Å². The van der Waals surface area contributed by atoms with Crippen molar-refractivity contribution in [3.63, 3.8) is 0 Å². The molecule has 0 saturated heterocycles. The minimum absolute atomic E-state index is 0.0453. The normalized spacial score (nSPS) is 10.8. The second-order valence-corrected chi connectivity index (χ2v) is 6.72. The summed E-state index contributed by atoms with van der Waals surface area (Å²) in [5.41, 5.74) is 8.26. The van der Waals surface area contributed by atoms with Crippen LogP contribution in [0.2, 0.25) is 0 Å². The highest BCUT2D eigenvalue weighted by atomic mass is 16.6. The first-order valence-corrected chi connectivity index (χ1v) is 9.36. The zero-order chi connectivity index (χ0) is 22.7. The van der Waals surface area contributed by atoms with E-state index in [0.29, 0.717) is 28.1 Å². The number of nitrogen functional groups attached to an aromatic ring is 1. The third-order valence-electron chi connectivity index (χ3n) is 4.57. The number of anilines is 2. The third-order valence-corrected chi connectivity index (χ3v) is 4.57. The molecule has 2 amide bonds. The van der Waals surface area contributed by atoms with Gasteiger partial charge in [0.15, 0.2) is 23.1 Å². The monoisotopic (exact) mass is 435 g/mol. The Morgan fingerprint density at radius 3 is 2.50 bits per heavy atom. The Balaban J connectivity index is 1.55. The molecule has 0 radical (unpaired) electrons. The van der Waals surface area contributed by atoms with Crippen LogP contribution < -0.4 is 16.4 Å². The van der Waals surface area contributed by atoms with E-state index in [2.05, 4.69) is 25.2 Å². The van der Waals surface area contributed by atoms with Crippen LogP contribution in [0.4, 0.5) is 16.3 Å². The molecule has 0 saturated carbocycles. The number of ketones is 1. The summed E-state index contributed by atoms with van der Waals surface area (Å²) in [5, 5.41) is 20.4. The van der Waals surface area contributed by atoms with Gasteiger partial charge >= 0.3 is 6.09 Å². The van der Waals surface area contributed by atoms with Crippen LogP contribution in [0.25, 0.3) is 22.6 Å². The number of nitrogens with two attached hydrogens (primary N) is 1. The number of para-hydroxylation sites is 2. The number of rotatable bonds is 7. The van der Waals surface area contributed by atoms with E-state index in [1.54, 1.807) is 34.9 Å². The summed E-state index contributed by atoms with van der Waals surface area (Å²) >= 11 is 0. The Labute approximate surface area is 180 Å². The van der Waals surface area contributed by atoms with Gasteiger partial charge in [-0.25, -0.2) is 14.4 Å². The molecule has 5 N–H and O–H groups in total. The van der Waals surface area contributed by atoms with Crippen LogP contribution >= 0.6 is 0 Å². The number of imidazole rings is 1. The number of nitrogens with zero attached hydrogens (tertiary/aromatic N) is 4. The molecule has 0 aliphatic rings. The molecule has 32 heavy (non-hydrogen) atoms. The average Bonchev–Trinajstić information content (AvgIpc) is 3.36. The van der Waals surface area contributed by atoms with Crippen LogP contribution in [0, 0.1) is 0 Å². The molecule has 12 heteroatoms. The quantitative estimate of drug-likeness (QED) is 0.315. The number of carbonyl (C=O) groups excluding carboxylic acids is 2. The van der Waals surface area contributed by atoms with Gasteiger partial charge in [0.05, 0.1) is 17.6 Å². The number of carbonyl (C=O) groups is 3. The van der Waals surface area contributed by atoms with E-state index in [1.807, 2.05) is 23.5 Å². The molecule has 4 aromatic rings. The molecule has 0 bridgehead atoms. The Kier molecular flexibility index (Phi) is 5.49. The Bertz CT molecular complexity index is 1310. The molecule has 12 nitrogen and oxygen atoms in total. The molecule has 0 aliphatic heterocycles. The maximum absolute atomic E-state index is 13.0. The standard InChI is InChI=1S/C20H17N7O5/c21-18-17(25-32-26-18)19-24-13-3-1-2-4-14(13)27(19)10-15(28)11-5-7-12(8-6-11)23-16(29)9-22-20(30)31/h1-8,22H,9-10H2,(H2,21,26)(H,23,29)(H,30,31). The second-order valence-electron chi connectivity index (χ2n) is 6.72. The lowest BCUT2D eigenvalue weighted by Gasteiger charge is -2.09. The van der Waals surface area contributed by atoms with Crippen molar-refractivity contribution in [2.45, 2.75) is 6.54 Å². The molecule has 2 aromatic heterocycles. The van der Waals surface area contributed by atoms with E-state index in [9.17, 15) is 14.4 Å². The molecule has 0 unspecified atom stereocenters. The average molecular weight is 435 g/mol. The van der Waals surface area contributed by atoms with E-state index in [1.165, 1.54) is 0 Å². The molecule has 0 spiro atoms. The highest BCUT2D eigenvalue weighted by Crippen LogP contribution is 2.27. The minimum Gasteiger partial charge on any atom is -0.465 e. The summed E-state index contributed by atoms with van der Waals surface area (Å²) in [6, 6.07) is 13.5. The van der Waals surface area contributed by atoms with Gasteiger partial charge in [-0.15, -0.1) is 0 Å². The maximum Gasteiger partial charge on any atom is 0.405 e. The van der Waals surface area contributed by atoms with Crippen LogP contribution in [-0.2, 0) is 11.3 Å². The van der Waals surface area contributed by atoms with Crippen molar-refractivity contribution < 1.29 is 24.1 Å². The van der Waals surface area contributed by atoms with Crippen LogP contribution in [0.1, 0.15) is 10.4 Å². The first-order valence-electron chi connectivity index (χ1n) is 9.36. The molecule has 4 rings (SSSR count). The first kappa shape index (κ1) is 20.5. The SMILES string of the molecule is Nc1nonc1-c1nc2ccccc2n1CC(=O)c1ccc(NC(=O)CNC(=O)O)cc1. The van der Waals surface area contributed by atoms with Crippen molar-refractivity contribution in [3.8, 4) is 11.5 Å². The van der Waals surface area contributed by atoms with Gasteiger partial charge in [-0.1, -0.05) is 12.1 Å². The number of aromatic nitrogens is 4. The highest BCUT2D eigenvalue weighted by Gasteiger charge is 2.21. The van der Waals surface area contributed by atoms with Crippen LogP contribution in [0.15, 0.2) is 53.2 Å². The lowest BCUT2D eigenvalue weighted by Crippen LogP contribution is -2.31. The highest BCUT2D eigenvalue weighted by molar-refractivity contribution is 5.98. The summed E-state index contributed by atoms with van der Waals surface area (Å²) in [6.45, 7) is -0.428. The number of Topliss-reactive ketones (excluding diaryl/α,β-unsaturated/α-hetero) is 1. The van der Waals surface area contributed by atoms with Gasteiger partial charge in [0.1, 0.15) is 6.54 Å². The van der Waals surface area contributed by atoms with Crippen molar-refractivity contribution in [2.24, 2.45) is 0 Å². The number of fused-ring (bicyclic) bond motifs is 1. The third kappa shape index (κ3) is 4.23. The summed E-state index contributed by atoms with van der Waals surface area (Å²) in [4.78, 5) is 39.6. The van der Waals surface area contributed by atoms with Gasteiger partial charge in [0.25, 0.3) is 0 Å². The lowest BCUT2D eigenvalue weighted by atomic mass is 10.1. The smallest absolute Gasteiger partial charge is 0.405 e. The molecule has 0 atom stereocenters. The molecule has 2 aromatic carbocycles. The number of benzene rings is 2. The number of hydrogen-bond donors (Lipinski definition) is 4. The van der Waals surface area contributed by atoms with Crippen molar-refractivity contribution in [2.75, 3.05) is 17.6 Å². The predicted molar refractivity (Wildman–Crippen MR) is 113 cm³/mol. The Morgan fingerprint density at radius 1 is 1.06 bits per heavy atom. The zero-order valence-electron chi connectivity index (χ0n) is 16.5. The van der Waals surface area contributed by atoms with E-state index in [-0.39, 0.29) is 30.4 Å². The summed E-state index contributed by atoms with van der Waals surface area (Å²) in [6.07, 6.45) is -1.30. The van der Waals surface area contributed by atoms with E-state index < -0.39 is 12.0 Å². The van der Waals surface area contributed by atoms with Gasteiger partial charge in [-0.05, 0) is 46.7 Å². The lowest BCUT2D eigenvalue weighted by molar-refractivity contribution is -0.115. The topological polar surface area (TPSA) is 178 Å². The molecular weight excluding hydrogens is 418 g/mol. The Morgan fingerprint density at radius 2 is 1.81 bits per heavy atom. The van der Waals surface area contributed by atoms with E-state index in [0.717, 1.165) is 0 Å². The van der Waals surface area contributed by atoms with E-state index >= 15 is 0 Å². The minimum atomic E-state index is -1.30. The predicted octanol–water partition coefficient (Wildman–Crippen LogP) is 1.76. The summed E-state index contributed by atoms with van der Waals surface area (Å²) < 4.78 is 6.36. The van der Waals surface area contributed by atoms with Gasteiger partial charge in [-0.2, -0.15) is 0 Å². The first-order chi connectivity index (χ1) is 15.4. The van der Waals surface area contributed by atoms with Crippen LogP contribution in [0.5, 0.6) is 0 Å². The van der Waals surface area contributed by atoms with Crippen molar-refractivity contribution in [1.29, 1.82) is 0 Å². The number of hydrogen-bond acceptors (Lipinski definition) is 8. The summed E-state index contributed by atoms with van der Waals surface area (Å²) in [7, 11) is 0. The van der Waals surface area contributed by atoms with Crippen LogP contribution in [0.3, 0.4) is 0 Å².